The maximum absolute atomic E-state index is 12.9. The Labute approximate surface area is 130 Å². The first-order chi connectivity index (χ1) is 10.7. The molecule has 3 aliphatic rings. The highest BCUT2D eigenvalue weighted by Gasteiger charge is 2.45. The number of hydrogen-bond acceptors (Lipinski definition) is 2. The molecular weight excluding hydrogens is 278 g/mol. The minimum Gasteiger partial charge on any atom is -0.351 e. The summed E-state index contributed by atoms with van der Waals surface area (Å²) in [5.41, 5.74) is 0.958. The lowest BCUT2D eigenvalue weighted by Gasteiger charge is -2.37. The Hall–Kier alpha value is -1.78. The van der Waals surface area contributed by atoms with Gasteiger partial charge in [0, 0.05) is 18.3 Å². The molecule has 118 valence electrons. The molecule has 1 unspecified atom stereocenters. The maximum Gasteiger partial charge on any atom is 0.249 e. The lowest BCUT2D eigenvalue weighted by atomic mass is 9.95. The van der Waals surface area contributed by atoms with Crippen LogP contribution in [0.15, 0.2) is 18.3 Å². The largest absolute Gasteiger partial charge is 0.351 e. The van der Waals surface area contributed by atoms with Crippen molar-refractivity contribution in [3.63, 3.8) is 0 Å². The van der Waals surface area contributed by atoms with E-state index in [1.807, 2.05) is 27.8 Å². The third kappa shape index (κ3) is 2.42. The molecule has 5 nitrogen and oxygen atoms in total. The molecule has 0 aromatic carbocycles. The van der Waals surface area contributed by atoms with Gasteiger partial charge in [0.05, 0.1) is 5.69 Å². The van der Waals surface area contributed by atoms with Crippen LogP contribution in [0.3, 0.4) is 0 Å². The van der Waals surface area contributed by atoms with E-state index in [9.17, 15) is 9.59 Å². The van der Waals surface area contributed by atoms with Crippen LogP contribution in [0, 0.1) is 0 Å². The van der Waals surface area contributed by atoms with Crippen molar-refractivity contribution in [1.29, 1.82) is 0 Å². The lowest BCUT2D eigenvalue weighted by Crippen LogP contribution is -2.51. The molecule has 2 saturated carbocycles. The van der Waals surface area contributed by atoms with Crippen LogP contribution in [-0.2, 0) is 16.1 Å². The molecule has 1 atom stereocenters. The summed E-state index contributed by atoms with van der Waals surface area (Å²) in [5.74, 6) is 0.0850. The number of rotatable bonds is 3. The number of carbonyl (C=O) groups excluding carboxylic acids is 2. The zero-order valence-electron chi connectivity index (χ0n) is 12.8. The molecule has 2 fully saturated rings. The van der Waals surface area contributed by atoms with E-state index in [4.69, 9.17) is 0 Å². The van der Waals surface area contributed by atoms with Crippen molar-refractivity contribution >= 4 is 11.8 Å². The first-order valence-electron chi connectivity index (χ1n) is 8.50. The van der Waals surface area contributed by atoms with Gasteiger partial charge in [-0.3, -0.25) is 9.59 Å². The molecule has 0 saturated heterocycles. The van der Waals surface area contributed by atoms with Crippen LogP contribution in [0.1, 0.15) is 56.7 Å². The summed E-state index contributed by atoms with van der Waals surface area (Å²) in [6, 6.07) is 4.01. The first kappa shape index (κ1) is 13.9. The predicted octanol–water partition coefficient (Wildman–Crippen LogP) is 1.98. The van der Waals surface area contributed by atoms with E-state index in [0.29, 0.717) is 6.54 Å². The molecule has 2 aliphatic carbocycles. The normalized spacial score (nSPS) is 25.9. The predicted molar refractivity (Wildman–Crippen MR) is 82.1 cm³/mol. The van der Waals surface area contributed by atoms with Crippen molar-refractivity contribution < 1.29 is 9.59 Å². The van der Waals surface area contributed by atoms with E-state index in [0.717, 1.165) is 31.4 Å². The van der Waals surface area contributed by atoms with Crippen LogP contribution in [0.5, 0.6) is 0 Å². The van der Waals surface area contributed by atoms with E-state index in [-0.39, 0.29) is 23.9 Å². The molecule has 2 amide bonds. The van der Waals surface area contributed by atoms with Gasteiger partial charge in [-0.2, -0.15) is 0 Å². The van der Waals surface area contributed by atoms with Crippen molar-refractivity contribution in [1.82, 2.24) is 14.8 Å². The van der Waals surface area contributed by atoms with E-state index in [1.54, 1.807) is 0 Å². The SMILES string of the molecule is O=C(NC1CCCCC1)C1c2cccn2CC(=O)N1C1CC1. The lowest BCUT2D eigenvalue weighted by molar-refractivity contribution is -0.144. The molecule has 5 heteroatoms. The maximum atomic E-state index is 12.9. The summed E-state index contributed by atoms with van der Waals surface area (Å²) in [4.78, 5) is 27.2. The molecule has 1 aliphatic heterocycles. The Bertz CT molecular complexity index is 584. The second kappa shape index (κ2) is 5.45. The zero-order chi connectivity index (χ0) is 15.1. The summed E-state index contributed by atoms with van der Waals surface area (Å²) in [5, 5.41) is 3.21. The Kier molecular flexibility index (Phi) is 3.43. The quantitative estimate of drug-likeness (QED) is 0.928. The Balaban J connectivity index is 1.58. The van der Waals surface area contributed by atoms with E-state index in [1.165, 1.54) is 19.3 Å². The van der Waals surface area contributed by atoms with E-state index >= 15 is 0 Å². The highest BCUT2D eigenvalue weighted by molar-refractivity contribution is 5.90. The van der Waals surface area contributed by atoms with Crippen molar-refractivity contribution in [2.24, 2.45) is 0 Å². The summed E-state index contributed by atoms with van der Waals surface area (Å²) in [6.07, 6.45) is 9.74. The van der Waals surface area contributed by atoms with Crippen LogP contribution in [0.25, 0.3) is 0 Å². The Morgan fingerprint density at radius 2 is 1.91 bits per heavy atom. The minimum atomic E-state index is -0.439. The van der Waals surface area contributed by atoms with Gasteiger partial charge in [0.1, 0.15) is 6.54 Å². The Morgan fingerprint density at radius 3 is 2.64 bits per heavy atom. The monoisotopic (exact) mass is 301 g/mol. The number of carbonyl (C=O) groups is 2. The molecule has 1 N–H and O–H groups in total. The van der Waals surface area contributed by atoms with Crippen LogP contribution in [0.2, 0.25) is 0 Å². The summed E-state index contributed by atoms with van der Waals surface area (Å²) in [6.45, 7) is 0.367. The number of amides is 2. The van der Waals surface area contributed by atoms with Gasteiger partial charge in [-0.25, -0.2) is 0 Å². The van der Waals surface area contributed by atoms with Gasteiger partial charge < -0.3 is 14.8 Å². The van der Waals surface area contributed by atoms with E-state index < -0.39 is 6.04 Å². The van der Waals surface area contributed by atoms with Crippen LogP contribution in [-0.4, -0.2) is 33.4 Å². The Morgan fingerprint density at radius 1 is 1.14 bits per heavy atom. The van der Waals surface area contributed by atoms with Crippen LogP contribution in [0.4, 0.5) is 0 Å². The van der Waals surface area contributed by atoms with Gasteiger partial charge in [0.25, 0.3) is 0 Å². The van der Waals surface area contributed by atoms with Crippen molar-refractivity contribution in [3.05, 3.63) is 24.0 Å². The fourth-order valence-corrected chi connectivity index (χ4v) is 3.89. The average molecular weight is 301 g/mol. The second-order valence-electron chi connectivity index (χ2n) is 6.84. The fourth-order valence-electron chi connectivity index (χ4n) is 3.89. The van der Waals surface area contributed by atoms with E-state index in [2.05, 4.69) is 5.32 Å². The summed E-state index contributed by atoms with van der Waals surface area (Å²) in [7, 11) is 0. The van der Waals surface area contributed by atoms with Gasteiger partial charge in [0.2, 0.25) is 11.8 Å². The third-order valence-electron chi connectivity index (χ3n) is 5.16. The molecule has 4 rings (SSSR count). The average Bonchev–Trinajstić information content (AvgIpc) is 3.25. The van der Waals surface area contributed by atoms with Crippen LogP contribution < -0.4 is 5.32 Å². The molecule has 22 heavy (non-hydrogen) atoms. The first-order valence-corrected chi connectivity index (χ1v) is 8.50. The number of nitrogens with one attached hydrogen (secondary N) is 1. The highest BCUT2D eigenvalue weighted by Crippen LogP contribution is 2.37. The standard InChI is InChI=1S/C17H23N3O2/c21-15-11-19-10-4-7-14(19)16(20(15)13-8-9-13)17(22)18-12-5-2-1-3-6-12/h4,7,10,12-13,16H,1-3,5-6,8-9,11H2,(H,18,22). The van der Waals surface area contributed by atoms with Gasteiger partial charge in [-0.15, -0.1) is 0 Å². The van der Waals surface area contributed by atoms with Gasteiger partial charge in [0.15, 0.2) is 6.04 Å². The topological polar surface area (TPSA) is 54.3 Å². The number of hydrogen-bond donors (Lipinski definition) is 1. The molecular formula is C17H23N3O2. The van der Waals surface area contributed by atoms with Crippen molar-refractivity contribution in [2.75, 3.05) is 0 Å². The molecule has 0 spiro atoms. The highest BCUT2D eigenvalue weighted by atomic mass is 16.2. The molecule has 2 heterocycles. The fraction of sp³-hybridized carbons (Fsp3) is 0.647. The third-order valence-corrected chi connectivity index (χ3v) is 5.16. The van der Waals surface area contributed by atoms with Crippen molar-refractivity contribution in [2.45, 2.75) is 69.6 Å². The molecule has 1 aromatic rings. The van der Waals surface area contributed by atoms with Crippen molar-refractivity contribution in [3.8, 4) is 0 Å². The molecule has 0 radical (unpaired) electrons. The number of aromatic nitrogens is 1. The molecule has 0 bridgehead atoms. The molecule has 1 aromatic heterocycles. The second-order valence-corrected chi connectivity index (χ2v) is 6.84. The van der Waals surface area contributed by atoms with Gasteiger partial charge in [-0.05, 0) is 37.8 Å². The summed E-state index contributed by atoms with van der Waals surface area (Å²) >= 11 is 0. The minimum absolute atomic E-state index is 0.00630. The zero-order valence-corrected chi connectivity index (χ0v) is 12.8. The number of fused-ring (bicyclic) bond motifs is 1. The number of nitrogens with zero attached hydrogens (tertiary/aromatic N) is 2. The smallest absolute Gasteiger partial charge is 0.249 e. The van der Waals surface area contributed by atoms with Gasteiger partial charge in [-0.1, -0.05) is 19.3 Å². The van der Waals surface area contributed by atoms with Gasteiger partial charge >= 0.3 is 0 Å². The summed E-state index contributed by atoms with van der Waals surface area (Å²) < 4.78 is 1.92. The van der Waals surface area contributed by atoms with Crippen LogP contribution >= 0.6 is 0 Å².